The van der Waals surface area contributed by atoms with Crippen molar-refractivity contribution in [2.45, 2.75) is 26.5 Å². The number of guanidine groups is 1. The van der Waals surface area contributed by atoms with E-state index >= 15 is 0 Å². The lowest BCUT2D eigenvalue weighted by Crippen LogP contribution is -2.41. The van der Waals surface area contributed by atoms with E-state index in [2.05, 4.69) is 15.6 Å². The second-order valence-corrected chi connectivity index (χ2v) is 6.34. The standard InChI is InChI=1S/C21H27N3O4.HI/c1-4-22-21(24-13-16-9-10-18-20(11-16)27-14-26-18)23-12-15(2)28-19-8-6-5-7-17(19)25-3;/h5-11,15H,4,12-14H2,1-3H3,(H2,22,23,24);1H. The van der Waals surface area contributed by atoms with Crippen molar-refractivity contribution in [1.82, 2.24) is 10.6 Å². The molecule has 0 amide bonds. The molecule has 2 N–H and O–H groups in total. The van der Waals surface area contributed by atoms with Crippen LogP contribution in [0.2, 0.25) is 0 Å². The minimum atomic E-state index is -0.0642. The van der Waals surface area contributed by atoms with Crippen LogP contribution >= 0.6 is 24.0 Å². The highest BCUT2D eigenvalue weighted by Gasteiger charge is 2.13. The second-order valence-electron chi connectivity index (χ2n) is 6.34. The molecule has 0 spiro atoms. The topological polar surface area (TPSA) is 73.3 Å². The summed E-state index contributed by atoms with van der Waals surface area (Å²) < 4.78 is 22.1. The van der Waals surface area contributed by atoms with Gasteiger partial charge >= 0.3 is 0 Å². The van der Waals surface area contributed by atoms with Crippen LogP contribution in [0, 0.1) is 0 Å². The number of nitrogens with one attached hydrogen (secondary N) is 2. The molecular weight excluding hydrogens is 485 g/mol. The van der Waals surface area contributed by atoms with Gasteiger partial charge in [-0.15, -0.1) is 24.0 Å². The summed E-state index contributed by atoms with van der Waals surface area (Å²) in [6, 6.07) is 13.5. The zero-order valence-electron chi connectivity index (χ0n) is 16.9. The Balaban J connectivity index is 0.00000300. The zero-order chi connectivity index (χ0) is 19.8. The maximum absolute atomic E-state index is 5.98. The molecule has 0 fully saturated rings. The van der Waals surface area contributed by atoms with Crippen molar-refractivity contribution in [3.05, 3.63) is 48.0 Å². The van der Waals surface area contributed by atoms with Gasteiger partial charge in [0.1, 0.15) is 6.10 Å². The number of nitrogens with zero attached hydrogens (tertiary/aromatic N) is 1. The third-order valence-electron chi connectivity index (χ3n) is 4.16. The average Bonchev–Trinajstić information content (AvgIpc) is 3.18. The summed E-state index contributed by atoms with van der Waals surface area (Å²) in [5.74, 6) is 3.72. The molecule has 3 rings (SSSR count). The number of hydrogen-bond donors (Lipinski definition) is 2. The maximum Gasteiger partial charge on any atom is 0.231 e. The lowest BCUT2D eigenvalue weighted by Gasteiger charge is -2.19. The van der Waals surface area contributed by atoms with E-state index in [1.165, 1.54) is 0 Å². The van der Waals surface area contributed by atoms with Crippen molar-refractivity contribution in [2.75, 3.05) is 27.0 Å². The molecule has 1 heterocycles. The summed E-state index contributed by atoms with van der Waals surface area (Å²) in [7, 11) is 1.64. The number of para-hydroxylation sites is 2. The molecule has 1 aliphatic rings. The third-order valence-corrected chi connectivity index (χ3v) is 4.16. The lowest BCUT2D eigenvalue weighted by atomic mass is 10.2. The van der Waals surface area contributed by atoms with Crippen LogP contribution in [-0.4, -0.2) is 39.1 Å². The number of benzene rings is 2. The zero-order valence-corrected chi connectivity index (χ0v) is 19.3. The van der Waals surface area contributed by atoms with Gasteiger partial charge in [-0.05, 0) is 43.7 Å². The van der Waals surface area contributed by atoms with Crippen molar-refractivity contribution in [2.24, 2.45) is 4.99 Å². The van der Waals surface area contributed by atoms with Crippen LogP contribution in [0.4, 0.5) is 0 Å². The van der Waals surface area contributed by atoms with Gasteiger partial charge in [-0.2, -0.15) is 0 Å². The third kappa shape index (κ3) is 6.59. The van der Waals surface area contributed by atoms with Gasteiger partial charge in [0.25, 0.3) is 0 Å². The molecule has 0 bridgehead atoms. The van der Waals surface area contributed by atoms with Gasteiger partial charge in [0.15, 0.2) is 29.0 Å². The predicted molar refractivity (Wildman–Crippen MR) is 124 cm³/mol. The minimum Gasteiger partial charge on any atom is -0.493 e. The van der Waals surface area contributed by atoms with Crippen LogP contribution in [-0.2, 0) is 6.54 Å². The average molecular weight is 513 g/mol. The number of hydrogen-bond acceptors (Lipinski definition) is 5. The van der Waals surface area contributed by atoms with E-state index in [0.717, 1.165) is 41.1 Å². The van der Waals surface area contributed by atoms with E-state index in [-0.39, 0.29) is 36.9 Å². The first kappa shape index (κ1) is 22.9. The molecule has 2 aromatic carbocycles. The molecule has 158 valence electrons. The van der Waals surface area contributed by atoms with Crippen LogP contribution in [0.15, 0.2) is 47.5 Å². The van der Waals surface area contributed by atoms with Crippen LogP contribution in [0.1, 0.15) is 19.4 Å². The summed E-state index contributed by atoms with van der Waals surface area (Å²) in [5.41, 5.74) is 1.06. The molecule has 0 radical (unpaired) electrons. The van der Waals surface area contributed by atoms with Crippen LogP contribution < -0.4 is 29.6 Å². The summed E-state index contributed by atoms with van der Waals surface area (Å²) in [6.07, 6.45) is -0.0642. The molecule has 1 unspecified atom stereocenters. The molecule has 1 atom stereocenters. The number of fused-ring (bicyclic) bond motifs is 1. The molecule has 0 saturated heterocycles. The van der Waals surface area contributed by atoms with E-state index in [4.69, 9.17) is 18.9 Å². The Morgan fingerprint density at radius 3 is 2.62 bits per heavy atom. The summed E-state index contributed by atoms with van der Waals surface area (Å²) >= 11 is 0. The maximum atomic E-state index is 5.98. The highest BCUT2D eigenvalue weighted by Crippen LogP contribution is 2.32. The predicted octanol–water partition coefficient (Wildman–Crippen LogP) is 3.56. The largest absolute Gasteiger partial charge is 0.493 e. The molecule has 8 heteroatoms. The first-order valence-electron chi connectivity index (χ1n) is 9.40. The van der Waals surface area contributed by atoms with E-state index in [1.807, 2.05) is 56.3 Å². The Bertz CT molecular complexity index is 816. The van der Waals surface area contributed by atoms with E-state index in [1.54, 1.807) is 7.11 Å². The van der Waals surface area contributed by atoms with Crippen LogP contribution in [0.25, 0.3) is 0 Å². The van der Waals surface area contributed by atoms with Gasteiger partial charge in [-0.1, -0.05) is 18.2 Å². The molecular formula is C21H28IN3O4. The fraction of sp³-hybridized carbons (Fsp3) is 0.381. The highest BCUT2D eigenvalue weighted by atomic mass is 127. The number of methoxy groups -OCH3 is 1. The van der Waals surface area contributed by atoms with Gasteiger partial charge in [-0.3, -0.25) is 0 Å². The molecule has 29 heavy (non-hydrogen) atoms. The number of rotatable bonds is 8. The van der Waals surface area contributed by atoms with E-state index in [0.29, 0.717) is 13.1 Å². The molecule has 7 nitrogen and oxygen atoms in total. The normalized spacial score (nSPS) is 13.3. The molecule has 1 aliphatic heterocycles. The molecule has 2 aromatic rings. The van der Waals surface area contributed by atoms with Gasteiger partial charge in [0.05, 0.1) is 20.2 Å². The molecule has 0 saturated carbocycles. The second kappa shape index (κ2) is 11.6. The SMILES string of the molecule is CCNC(=NCc1ccc2c(c1)OCO2)NCC(C)Oc1ccccc1OC.I. The minimum absolute atomic E-state index is 0. The molecule has 0 aromatic heterocycles. The number of ether oxygens (including phenoxy) is 4. The van der Waals surface area contributed by atoms with Crippen molar-refractivity contribution < 1.29 is 18.9 Å². The monoisotopic (exact) mass is 513 g/mol. The van der Waals surface area contributed by atoms with Crippen molar-refractivity contribution >= 4 is 29.9 Å². The van der Waals surface area contributed by atoms with Gasteiger partial charge < -0.3 is 29.6 Å². The van der Waals surface area contributed by atoms with Gasteiger partial charge in [0, 0.05) is 6.54 Å². The van der Waals surface area contributed by atoms with E-state index < -0.39 is 0 Å². The summed E-state index contributed by atoms with van der Waals surface area (Å²) in [5, 5.41) is 6.57. The fourth-order valence-corrected chi connectivity index (χ4v) is 2.77. The van der Waals surface area contributed by atoms with Crippen LogP contribution in [0.5, 0.6) is 23.0 Å². The van der Waals surface area contributed by atoms with Crippen molar-refractivity contribution in [3.63, 3.8) is 0 Å². The Labute approximate surface area is 188 Å². The number of aliphatic imine (C=N–C) groups is 1. The number of halogens is 1. The molecule has 0 aliphatic carbocycles. The highest BCUT2D eigenvalue weighted by molar-refractivity contribution is 14.0. The van der Waals surface area contributed by atoms with Crippen LogP contribution in [0.3, 0.4) is 0 Å². The quantitative estimate of drug-likeness (QED) is 0.320. The lowest BCUT2D eigenvalue weighted by molar-refractivity contribution is 0.174. The summed E-state index contributed by atoms with van der Waals surface area (Å²) in [6.45, 7) is 6.22. The smallest absolute Gasteiger partial charge is 0.231 e. The Morgan fingerprint density at radius 2 is 1.86 bits per heavy atom. The van der Waals surface area contributed by atoms with Crippen molar-refractivity contribution in [3.8, 4) is 23.0 Å². The first-order chi connectivity index (χ1) is 13.7. The Hall–Kier alpha value is -2.36. The van der Waals surface area contributed by atoms with Gasteiger partial charge in [0.2, 0.25) is 6.79 Å². The van der Waals surface area contributed by atoms with E-state index in [9.17, 15) is 0 Å². The van der Waals surface area contributed by atoms with Crippen molar-refractivity contribution in [1.29, 1.82) is 0 Å². The summed E-state index contributed by atoms with van der Waals surface area (Å²) in [4.78, 5) is 4.64. The first-order valence-corrected chi connectivity index (χ1v) is 9.40. The Morgan fingerprint density at radius 1 is 1.10 bits per heavy atom. The Kier molecular flexibility index (Phi) is 9.17. The fourth-order valence-electron chi connectivity index (χ4n) is 2.77. The van der Waals surface area contributed by atoms with Gasteiger partial charge in [-0.25, -0.2) is 4.99 Å².